The fraction of sp³-hybridized carbons (Fsp3) is 0.500. The molecule has 0 aromatic heterocycles. The van der Waals surface area contributed by atoms with Crippen molar-refractivity contribution in [3.05, 3.63) is 83.9 Å². The largest absolute Gasteiger partial charge is 0.494 e. The highest BCUT2D eigenvalue weighted by Gasteiger charge is 2.37. The Morgan fingerprint density at radius 1 is 0.809 bits per heavy atom. The Kier molecular flexibility index (Phi) is 12.1. The zero-order valence-electron chi connectivity index (χ0n) is 28.4. The summed E-state index contributed by atoms with van der Waals surface area (Å²) in [6.07, 6.45) is 6.08. The lowest BCUT2D eigenvalue weighted by atomic mass is 9.75. The zero-order valence-corrected chi connectivity index (χ0v) is 28.4. The molecule has 2 aliphatic rings. The van der Waals surface area contributed by atoms with Gasteiger partial charge in [0.15, 0.2) is 0 Å². The van der Waals surface area contributed by atoms with Crippen molar-refractivity contribution in [1.82, 2.24) is 0 Å². The molecule has 0 radical (unpaired) electrons. The maximum atomic E-state index is 12.9. The Morgan fingerprint density at radius 3 is 1.98 bits per heavy atom. The van der Waals surface area contributed by atoms with E-state index in [0.717, 1.165) is 75.4 Å². The molecule has 3 atom stereocenters. The second-order valence-corrected chi connectivity index (χ2v) is 13.7. The van der Waals surface area contributed by atoms with Gasteiger partial charge in [0.1, 0.15) is 17.6 Å². The number of carbonyl (C=O) groups excluding carboxylic acids is 2. The molecule has 3 aromatic rings. The van der Waals surface area contributed by atoms with E-state index in [1.54, 1.807) is 36.4 Å². The number of esters is 2. The topological polar surface area (TPSA) is 80.3 Å². The van der Waals surface area contributed by atoms with Crippen LogP contribution >= 0.6 is 0 Å². The van der Waals surface area contributed by atoms with Gasteiger partial charge in [-0.1, -0.05) is 58.4 Å². The summed E-state index contributed by atoms with van der Waals surface area (Å²) < 4.78 is 28.7. The molecule has 2 fully saturated rings. The first-order valence-corrected chi connectivity index (χ1v) is 17.3. The van der Waals surface area contributed by atoms with Crippen molar-refractivity contribution in [2.24, 2.45) is 23.2 Å². The molecular weight excluding hydrogens is 592 g/mol. The Hall–Kier alpha value is -3.68. The van der Waals surface area contributed by atoms with E-state index < -0.39 is 5.97 Å². The predicted octanol–water partition coefficient (Wildman–Crippen LogP) is 8.79. The molecule has 47 heavy (non-hydrogen) atoms. The summed E-state index contributed by atoms with van der Waals surface area (Å²) in [7, 11) is 0. The maximum Gasteiger partial charge on any atom is 0.343 e. The average Bonchev–Trinajstić information content (AvgIpc) is 3.06. The van der Waals surface area contributed by atoms with Gasteiger partial charge >= 0.3 is 11.9 Å². The Morgan fingerprint density at radius 2 is 1.40 bits per heavy atom. The average molecular weight is 643 g/mol. The first kappa shape index (κ1) is 34.6. The number of rotatable bonds is 15. The molecule has 0 amide bonds. The zero-order chi connectivity index (χ0) is 33.2. The number of hydrogen-bond acceptors (Lipinski definition) is 7. The van der Waals surface area contributed by atoms with Crippen LogP contribution in [0.5, 0.6) is 11.5 Å². The molecule has 3 aromatic carbocycles. The lowest BCUT2D eigenvalue weighted by Gasteiger charge is -2.40. The van der Waals surface area contributed by atoms with Gasteiger partial charge in [0.2, 0.25) is 0 Å². The van der Waals surface area contributed by atoms with Crippen molar-refractivity contribution in [3.8, 4) is 22.6 Å². The second-order valence-electron chi connectivity index (χ2n) is 13.7. The molecule has 7 heteroatoms. The minimum absolute atomic E-state index is 0.0718. The summed E-state index contributed by atoms with van der Waals surface area (Å²) in [5.74, 6) is 1.84. The highest BCUT2D eigenvalue weighted by Crippen LogP contribution is 2.36. The summed E-state index contributed by atoms with van der Waals surface area (Å²) in [4.78, 5) is 25.7. The van der Waals surface area contributed by atoms with Crippen molar-refractivity contribution < 1.29 is 33.3 Å². The van der Waals surface area contributed by atoms with E-state index in [4.69, 9.17) is 23.7 Å². The van der Waals surface area contributed by atoms with E-state index in [0.29, 0.717) is 41.2 Å². The highest BCUT2D eigenvalue weighted by molar-refractivity contribution is 5.94. The van der Waals surface area contributed by atoms with Crippen LogP contribution in [-0.2, 0) is 14.2 Å². The van der Waals surface area contributed by atoms with Crippen molar-refractivity contribution in [2.75, 3.05) is 33.0 Å². The quantitative estimate of drug-likeness (QED) is 0.0931. The van der Waals surface area contributed by atoms with Gasteiger partial charge in [-0.05, 0) is 110 Å². The number of carbonyl (C=O) groups is 2. The van der Waals surface area contributed by atoms with Gasteiger partial charge in [-0.25, -0.2) is 9.59 Å². The van der Waals surface area contributed by atoms with Crippen LogP contribution in [0.1, 0.15) is 86.9 Å². The normalized spacial score (nSPS) is 20.3. The third kappa shape index (κ3) is 9.45. The molecule has 1 aliphatic heterocycles. The van der Waals surface area contributed by atoms with Crippen LogP contribution in [0.25, 0.3) is 11.1 Å². The number of unbranched alkanes of at least 4 members (excludes halogenated alkanes) is 1. The van der Waals surface area contributed by atoms with Crippen molar-refractivity contribution in [1.29, 1.82) is 0 Å². The summed E-state index contributed by atoms with van der Waals surface area (Å²) in [5, 5.41) is 0. The smallest absolute Gasteiger partial charge is 0.343 e. The monoisotopic (exact) mass is 642 g/mol. The highest BCUT2D eigenvalue weighted by atomic mass is 16.5. The number of hydrogen-bond donors (Lipinski definition) is 0. The second kappa shape index (κ2) is 16.4. The van der Waals surface area contributed by atoms with Crippen LogP contribution in [0.3, 0.4) is 0 Å². The van der Waals surface area contributed by atoms with Gasteiger partial charge < -0.3 is 23.7 Å². The molecule has 3 unspecified atom stereocenters. The third-order valence-electron chi connectivity index (χ3n) is 9.76. The van der Waals surface area contributed by atoms with Crippen molar-refractivity contribution >= 4 is 11.9 Å². The van der Waals surface area contributed by atoms with Gasteiger partial charge in [-0.3, -0.25) is 0 Å². The van der Waals surface area contributed by atoms with E-state index in [-0.39, 0.29) is 17.5 Å². The van der Waals surface area contributed by atoms with Crippen LogP contribution in [0, 0.1) is 23.2 Å². The van der Waals surface area contributed by atoms with E-state index in [1.807, 2.05) is 36.4 Å². The molecule has 0 bridgehead atoms. The third-order valence-corrected chi connectivity index (χ3v) is 9.76. The first-order valence-electron chi connectivity index (χ1n) is 17.3. The lowest BCUT2D eigenvalue weighted by Crippen LogP contribution is -2.45. The molecular formula is C40H50O7. The fourth-order valence-electron chi connectivity index (χ4n) is 6.39. The van der Waals surface area contributed by atoms with E-state index in [9.17, 15) is 9.59 Å². The molecule has 5 rings (SSSR count). The Bertz CT molecular complexity index is 1420. The molecule has 0 spiro atoms. The first-order chi connectivity index (χ1) is 22.7. The summed E-state index contributed by atoms with van der Waals surface area (Å²) in [6.45, 7) is 12.6. The number of benzene rings is 3. The molecule has 1 aliphatic carbocycles. The van der Waals surface area contributed by atoms with Gasteiger partial charge in [0.05, 0.1) is 37.6 Å². The standard InChI is InChI=1S/C40H50O7/c1-5-40(26-44-27-40)25-43-22-6-7-23-45-34-17-13-30(14-18-34)31-15-19-35(20-16-31)46-38(41)32-9-11-33(12-10-32)39(42)47-37-24-29(4)8-21-36(37)28(2)3/h9-20,28-29,36-37H,5-8,21-27H2,1-4H3. The van der Waals surface area contributed by atoms with E-state index >= 15 is 0 Å². The Balaban J connectivity index is 1.04. The van der Waals surface area contributed by atoms with Crippen molar-refractivity contribution in [2.45, 2.75) is 72.3 Å². The SMILES string of the molecule is CCC1(COCCCCOc2ccc(-c3ccc(OC(=O)c4ccc(C(=O)OC5CC(C)CCC5C(C)C)cc4)cc3)cc2)COC1. The van der Waals surface area contributed by atoms with Crippen LogP contribution in [-0.4, -0.2) is 51.1 Å². The van der Waals surface area contributed by atoms with Gasteiger partial charge in [0.25, 0.3) is 0 Å². The molecule has 7 nitrogen and oxygen atoms in total. The summed E-state index contributed by atoms with van der Waals surface area (Å²) >= 11 is 0. The van der Waals surface area contributed by atoms with Crippen LogP contribution in [0.2, 0.25) is 0 Å². The predicted molar refractivity (Wildman–Crippen MR) is 183 cm³/mol. The van der Waals surface area contributed by atoms with E-state index in [1.165, 1.54) is 6.42 Å². The van der Waals surface area contributed by atoms with Crippen LogP contribution < -0.4 is 9.47 Å². The molecule has 1 heterocycles. The molecule has 252 valence electrons. The molecule has 1 saturated heterocycles. The van der Waals surface area contributed by atoms with E-state index in [2.05, 4.69) is 27.7 Å². The summed E-state index contributed by atoms with van der Waals surface area (Å²) in [6, 6.07) is 21.9. The maximum absolute atomic E-state index is 12.9. The van der Waals surface area contributed by atoms with Crippen molar-refractivity contribution in [3.63, 3.8) is 0 Å². The van der Waals surface area contributed by atoms with Gasteiger partial charge in [-0.15, -0.1) is 0 Å². The molecule has 0 N–H and O–H groups in total. The number of ether oxygens (including phenoxy) is 5. The van der Waals surface area contributed by atoms with Gasteiger partial charge in [0, 0.05) is 12.0 Å². The fourth-order valence-corrected chi connectivity index (χ4v) is 6.39. The molecule has 1 saturated carbocycles. The minimum Gasteiger partial charge on any atom is -0.494 e. The van der Waals surface area contributed by atoms with Crippen LogP contribution in [0.4, 0.5) is 0 Å². The summed E-state index contributed by atoms with van der Waals surface area (Å²) in [5.41, 5.74) is 3.09. The minimum atomic E-state index is -0.482. The van der Waals surface area contributed by atoms with Crippen LogP contribution in [0.15, 0.2) is 72.8 Å². The Labute approximate surface area is 279 Å². The van der Waals surface area contributed by atoms with Gasteiger partial charge in [-0.2, -0.15) is 0 Å². The lowest BCUT2D eigenvalue weighted by molar-refractivity contribution is -0.150.